The number of rotatable bonds is 6. The number of benzene rings is 1. The van der Waals surface area contributed by atoms with Crippen LogP contribution >= 0.6 is 24.0 Å². The fourth-order valence-electron chi connectivity index (χ4n) is 3.89. The number of aliphatic imine (C=N–C) groups is 1. The maximum Gasteiger partial charge on any atom is 0.227 e. The van der Waals surface area contributed by atoms with Gasteiger partial charge in [-0.05, 0) is 57.1 Å². The van der Waals surface area contributed by atoms with Gasteiger partial charge in [-0.3, -0.25) is 9.79 Å². The monoisotopic (exact) mass is 500 g/mol. The molecule has 0 radical (unpaired) electrons. The predicted octanol–water partition coefficient (Wildman–Crippen LogP) is 2.83. The van der Waals surface area contributed by atoms with Gasteiger partial charge in [0, 0.05) is 37.8 Å². The molecule has 6 nitrogen and oxygen atoms in total. The highest BCUT2D eigenvalue weighted by Crippen LogP contribution is 2.28. The summed E-state index contributed by atoms with van der Waals surface area (Å²) in [6.07, 6.45) is 5.71. The number of halogens is 1. The molecular formula is C21H33IN4O2. The Morgan fingerprint density at radius 1 is 1.25 bits per heavy atom. The van der Waals surface area contributed by atoms with E-state index in [1.807, 2.05) is 23.1 Å². The number of hydrogen-bond donors (Lipinski definition) is 3. The van der Waals surface area contributed by atoms with E-state index in [0.717, 1.165) is 63.3 Å². The number of nitrogens with zero attached hydrogens (tertiary/aromatic N) is 2. The molecule has 1 aliphatic heterocycles. The topological polar surface area (TPSA) is 77.0 Å². The maximum absolute atomic E-state index is 12.5. The van der Waals surface area contributed by atoms with E-state index >= 15 is 0 Å². The molecule has 1 fully saturated rings. The predicted molar refractivity (Wildman–Crippen MR) is 125 cm³/mol. The number of anilines is 1. The lowest BCUT2D eigenvalue weighted by molar-refractivity contribution is -0.118. The van der Waals surface area contributed by atoms with Crippen molar-refractivity contribution in [3.8, 4) is 0 Å². The van der Waals surface area contributed by atoms with Crippen molar-refractivity contribution in [1.29, 1.82) is 0 Å². The summed E-state index contributed by atoms with van der Waals surface area (Å²) >= 11 is 0. The molecule has 3 rings (SSSR count). The fraction of sp³-hybridized carbons (Fsp3) is 0.619. The average molecular weight is 500 g/mol. The molecule has 1 aromatic rings. The number of fused-ring (bicyclic) bond motifs is 1. The molecule has 1 amide bonds. The number of aliphatic hydroxyl groups is 1. The molecule has 3 N–H and O–H groups in total. The van der Waals surface area contributed by atoms with E-state index in [4.69, 9.17) is 0 Å². The standard InChI is InChI=1S/C21H32N4O2.HI/c1-2-22-21(24-17-9-11-18(26)12-10-17)23-14-5-8-20(27)25-15-13-16-6-3-4-7-19(16)25;/h3-4,6-7,17-18,26H,2,5,8-15H2,1H3,(H2,22,23,24);1H. The van der Waals surface area contributed by atoms with E-state index in [1.165, 1.54) is 5.56 Å². The molecule has 1 aliphatic carbocycles. The minimum Gasteiger partial charge on any atom is -0.393 e. The Bertz CT molecular complexity index is 660. The van der Waals surface area contributed by atoms with Crippen LogP contribution in [0.4, 0.5) is 5.69 Å². The molecule has 28 heavy (non-hydrogen) atoms. The normalized spacial score (nSPS) is 21.6. The van der Waals surface area contributed by atoms with E-state index in [-0.39, 0.29) is 36.0 Å². The van der Waals surface area contributed by atoms with Crippen LogP contribution in [0.2, 0.25) is 0 Å². The minimum atomic E-state index is -0.149. The van der Waals surface area contributed by atoms with Crippen molar-refractivity contribution in [2.24, 2.45) is 4.99 Å². The van der Waals surface area contributed by atoms with E-state index in [9.17, 15) is 9.90 Å². The van der Waals surface area contributed by atoms with Crippen molar-refractivity contribution < 1.29 is 9.90 Å². The summed E-state index contributed by atoms with van der Waals surface area (Å²) in [5, 5.41) is 16.4. The van der Waals surface area contributed by atoms with Crippen molar-refractivity contribution in [2.75, 3.05) is 24.5 Å². The van der Waals surface area contributed by atoms with E-state index < -0.39 is 0 Å². The lowest BCUT2D eigenvalue weighted by atomic mass is 9.93. The highest BCUT2D eigenvalue weighted by atomic mass is 127. The Balaban J connectivity index is 0.00000280. The summed E-state index contributed by atoms with van der Waals surface area (Å²) in [7, 11) is 0. The maximum atomic E-state index is 12.5. The lowest BCUT2D eigenvalue weighted by Crippen LogP contribution is -2.45. The molecule has 0 bridgehead atoms. The summed E-state index contributed by atoms with van der Waals surface area (Å²) in [5.74, 6) is 1.01. The van der Waals surface area contributed by atoms with E-state index in [2.05, 4.69) is 28.6 Å². The Kier molecular flexibility index (Phi) is 9.50. The second kappa shape index (κ2) is 11.6. The number of carbonyl (C=O) groups is 1. The van der Waals surface area contributed by atoms with Gasteiger partial charge in [0.05, 0.1) is 6.10 Å². The van der Waals surface area contributed by atoms with Crippen LogP contribution in [0, 0.1) is 0 Å². The zero-order valence-corrected chi connectivity index (χ0v) is 19.0. The van der Waals surface area contributed by atoms with Crippen LogP contribution in [-0.4, -0.2) is 48.8 Å². The second-order valence-corrected chi connectivity index (χ2v) is 7.44. The number of para-hydroxylation sites is 1. The van der Waals surface area contributed by atoms with Crippen LogP contribution in [-0.2, 0) is 11.2 Å². The highest BCUT2D eigenvalue weighted by molar-refractivity contribution is 14.0. The van der Waals surface area contributed by atoms with Gasteiger partial charge in [0.15, 0.2) is 5.96 Å². The first-order chi connectivity index (χ1) is 13.2. The van der Waals surface area contributed by atoms with Crippen LogP contribution in [0.5, 0.6) is 0 Å². The number of amides is 1. The molecule has 0 saturated heterocycles. The van der Waals surface area contributed by atoms with Crippen molar-refractivity contribution in [2.45, 2.75) is 64.0 Å². The van der Waals surface area contributed by atoms with Crippen LogP contribution in [0.25, 0.3) is 0 Å². The van der Waals surface area contributed by atoms with Gasteiger partial charge in [0.25, 0.3) is 0 Å². The summed E-state index contributed by atoms with van der Waals surface area (Å²) in [4.78, 5) is 19.1. The van der Waals surface area contributed by atoms with E-state index in [1.54, 1.807) is 0 Å². The van der Waals surface area contributed by atoms with Gasteiger partial charge in [-0.25, -0.2) is 0 Å². The molecule has 156 valence electrons. The van der Waals surface area contributed by atoms with Gasteiger partial charge in [-0.15, -0.1) is 24.0 Å². The fourth-order valence-corrected chi connectivity index (χ4v) is 3.89. The number of hydrogen-bond acceptors (Lipinski definition) is 3. The molecule has 1 aromatic carbocycles. The largest absolute Gasteiger partial charge is 0.393 e. The first-order valence-corrected chi connectivity index (χ1v) is 10.3. The Hall–Kier alpha value is -1.35. The molecule has 2 aliphatic rings. The smallest absolute Gasteiger partial charge is 0.227 e. The highest BCUT2D eigenvalue weighted by Gasteiger charge is 2.23. The third-order valence-electron chi connectivity index (χ3n) is 5.39. The molecular weight excluding hydrogens is 467 g/mol. The third-order valence-corrected chi connectivity index (χ3v) is 5.39. The summed E-state index contributed by atoms with van der Waals surface area (Å²) in [6, 6.07) is 8.53. The SMILES string of the molecule is CCNC(=NCCCC(=O)N1CCc2ccccc21)NC1CCC(O)CC1.I. The molecule has 0 unspecified atom stereocenters. The van der Waals surface area contributed by atoms with E-state index in [0.29, 0.717) is 19.0 Å². The van der Waals surface area contributed by atoms with Gasteiger partial charge in [-0.2, -0.15) is 0 Å². The van der Waals surface area contributed by atoms with Gasteiger partial charge < -0.3 is 20.6 Å². The average Bonchev–Trinajstić information content (AvgIpc) is 3.11. The second-order valence-electron chi connectivity index (χ2n) is 7.44. The molecule has 0 spiro atoms. The molecule has 1 heterocycles. The van der Waals surface area contributed by atoms with Crippen molar-refractivity contribution >= 4 is 41.5 Å². The van der Waals surface area contributed by atoms with Crippen LogP contribution in [0.3, 0.4) is 0 Å². The van der Waals surface area contributed by atoms with Gasteiger partial charge in [0.2, 0.25) is 5.91 Å². The Labute approximate surface area is 185 Å². The van der Waals surface area contributed by atoms with Crippen LogP contribution < -0.4 is 15.5 Å². The van der Waals surface area contributed by atoms with Crippen LogP contribution in [0.15, 0.2) is 29.3 Å². The Morgan fingerprint density at radius 3 is 2.75 bits per heavy atom. The minimum absolute atomic E-state index is 0. The molecule has 7 heteroatoms. The van der Waals surface area contributed by atoms with Gasteiger partial charge in [0.1, 0.15) is 0 Å². The van der Waals surface area contributed by atoms with Gasteiger partial charge >= 0.3 is 0 Å². The molecule has 0 atom stereocenters. The zero-order chi connectivity index (χ0) is 19.1. The summed E-state index contributed by atoms with van der Waals surface area (Å²) in [5.41, 5.74) is 2.33. The van der Waals surface area contributed by atoms with Crippen molar-refractivity contribution in [1.82, 2.24) is 10.6 Å². The first kappa shape index (κ1) is 22.9. The van der Waals surface area contributed by atoms with Gasteiger partial charge in [-0.1, -0.05) is 18.2 Å². The van der Waals surface area contributed by atoms with Crippen LogP contribution in [0.1, 0.15) is 51.0 Å². The van der Waals surface area contributed by atoms with Crippen molar-refractivity contribution in [3.63, 3.8) is 0 Å². The number of aliphatic hydroxyl groups excluding tert-OH is 1. The first-order valence-electron chi connectivity index (χ1n) is 10.3. The summed E-state index contributed by atoms with van der Waals surface area (Å²) < 4.78 is 0. The van der Waals surface area contributed by atoms with Crippen molar-refractivity contribution in [3.05, 3.63) is 29.8 Å². The molecule has 1 saturated carbocycles. The Morgan fingerprint density at radius 2 is 2.00 bits per heavy atom. The third kappa shape index (κ3) is 6.34. The molecule has 0 aromatic heterocycles. The zero-order valence-electron chi connectivity index (χ0n) is 16.7. The number of guanidine groups is 1. The quantitative estimate of drug-likeness (QED) is 0.243. The lowest BCUT2D eigenvalue weighted by Gasteiger charge is -2.27. The summed E-state index contributed by atoms with van der Waals surface area (Å²) in [6.45, 7) is 4.28. The number of nitrogens with one attached hydrogen (secondary N) is 2. The number of carbonyl (C=O) groups excluding carboxylic acids is 1.